The summed E-state index contributed by atoms with van der Waals surface area (Å²) in [7, 11) is 1.66. The third kappa shape index (κ3) is 2.72. The number of nitrogens with one attached hydrogen (secondary N) is 1. The lowest BCUT2D eigenvalue weighted by molar-refractivity contribution is -0.149. The van der Waals surface area contributed by atoms with Crippen LogP contribution in [-0.2, 0) is 23.2 Å². The molecule has 2 rings (SSSR count). The Morgan fingerprint density at radius 2 is 2.11 bits per heavy atom. The largest absolute Gasteiger partial charge is 0.343 e. The molecular formula is C11H18N6O2. The van der Waals surface area contributed by atoms with E-state index in [0.29, 0.717) is 12.2 Å². The lowest BCUT2D eigenvalue weighted by Crippen LogP contribution is -2.62. The molecule has 0 aliphatic carbocycles. The molecule has 8 heteroatoms. The molecule has 2 heterocycles. The molecule has 2 atom stereocenters. The van der Waals surface area contributed by atoms with Gasteiger partial charge < -0.3 is 10.2 Å². The number of tetrazole rings is 1. The van der Waals surface area contributed by atoms with Crippen molar-refractivity contribution in [2.45, 2.75) is 45.3 Å². The van der Waals surface area contributed by atoms with Gasteiger partial charge in [-0.3, -0.25) is 9.59 Å². The van der Waals surface area contributed by atoms with E-state index < -0.39 is 12.1 Å². The first-order valence-electron chi connectivity index (χ1n) is 6.36. The van der Waals surface area contributed by atoms with Crippen LogP contribution >= 0.6 is 0 Å². The molecule has 1 N–H and O–H groups in total. The maximum Gasteiger partial charge on any atom is 0.245 e. The SMILES string of the molecule is CCCC1C(=O)NC(C)C(=O)N1Cc1nnn(C)n1. The first kappa shape index (κ1) is 13.4. The van der Waals surface area contributed by atoms with Crippen LogP contribution in [0.3, 0.4) is 0 Å². The van der Waals surface area contributed by atoms with Crippen molar-refractivity contribution in [3.8, 4) is 0 Å². The second-order valence-electron chi connectivity index (χ2n) is 4.70. The van der Waals surface area contributed by atoms with Crippen molar-refractivity contribution >= 4 is 11.8 Å². The van der Waals surface area contributed by atoms with E-state index in [1.54, 1.807) is 18.9 Å². The number of piperazine rings is 1. The Morgan fingerprint density at radius 3 is 2.68 bits per heavy atom. The fourth-order valence-electron chi connectivity index (χ4n) is 2.20. The summed E-state index contributed by atoms with van der Waals surface area (Å²) in [6.45, 7) is 3.88. The number of carbonyl (C=O) groups is 2. The zero-order chi connectivity index (χ0) is 14.0. The molecule has 2 unspecified atom stereocenters. The zero-order valence-corrected chi connectivity index (χ0v) is 11.3. The summed E-state index contributed by atoms with van der Waals surface area (Å²) in [6.07, 6.45) is 1.45. The minimum Gasteiger partial charge on any atom is -0.343 e. The third-order valence-electron chi connectivity index (χ3n) is 3.11. The Hall–Kier alpha value is -1.99. The minimum atomic E-state index is -0.503. The third-order valence-corrected chi connectivity index (χ3v) is 3.11. The van der Waals surface area contributed by atoms with Gasteiger partial charge in [0.25, 0.3) is 0 Å². The van der Waals surface area contributed by atoms with Crippen LogP contribution in [0.2, 0.25) is 0 Å². The quantitative estimate of drug-likeness (QED) is 0.772. The van der Waals surface area contributed by atoms with Gasteiger partial charge in [0.2, 0.25) is 11.8 Å². The van der Waals surface area contributed by atoms with Crippen molar-refractivity contribution in [1.29, 1.82) is 0 Å². The highest BCUT2D eigenvalue weighted by Crippen LogP contribution is 2.16. The average Bonchev–Trinajstić information content (AvgIpc) is 2.76. The highest BCUT2D eigenvalue weighted by atomic mass is 16.2. The van der Waals surface area contributed by atoms with Crippen molar-refractivity contribution in [3.63, 3.8) is 0 Å². The van der Waals surface area contributed by atoms with Crippen molar-refractivity contribution in [2.24, 2.45) is 7.05 Å². The molecule has 2 amide bonds. The topological polar surface area (TPSA) is 93.0 Å². The highest BCUT2D eigenvalue weighted by Gasteiger charge is 2.38. The monoisotopic (exact) mass is 266 g/mol. The van der Waals surface area contributed by atoms with Crippen LogP contribution in [-0.4, -0.2) is 49.0 Å². The van der Waals surface area contributed by atoms with E-state index in [1.807, 2.05) is 6.92 Å². The van der Waals surface area contributed by atoms with E-state index >= 15 is 0 Å². The second kappa shape index (κ2) is 5.33. The number of amides is 2. The summed E-state index contributed by atoms with van der Waals surface area (Å²) < 4.78 is 0. The Morgan fingerprint density at radius 1 is 1.37 bits per heavy atom. The first-order valence-corrected chi connectivity index (χ1v) is 6.36. The van der Waals surface area contributed by atoms with Crippen molar-refractivity contribution < 1.29 is 9.59 Å². The molecule has 0 saturated carbocycles. The van der Waals surface area contributed by atoms with Gasteiger partial charge in [-0.15, -0.1) is 10.2 Å². The second-order valence-corrected chi connectivity index (χ2v) is 4.70. The Labute approximate surface area is 111 Å². The van der Waals surface area contributed by atoms with Gasteiger partial charge >= 0.3 is 0 Å². The smallest absolute Gasteiger partial charge is 0.245 e. The standard InChI is InChI=1S/C11H18N6O2/c1-4-5-8-10(18)12-7(2)11(19)17(8)6-9-13-15-16(3)14-9/h7-8H,4-6H2,1-3H3,(H,12,18). The van der Waals surface area contributed by atoms with E-state index in [9.17, 15) is 9.59 Å². The molecule has 1 aromatic rings. The number of carbonyl (C=O) groups excluding carboxylic acids is 2. The van der Waals surface area contributed by atoms with Gasteiger partial charge in [-0.1, -0.05) is 13.3 Å². The summed E-state index contributed by atoms with van der Waals surface area (Å²) in [6, 6.07) is -0.949. The predicted molar refractivity (Wildman–Crippen MR) is 65.6 cm³/mol. The highest BCUT2D eigenvalue weighted by molar-refractivity contribution is 5.96. The molecule has 1 aliphatic heterocycles. The summed E-state index contributed by atoms with van der Waals surface area (Å²) in [5.74, 6) is 0.224. The van der Waals surface area contributed by atoms with E-state index in [-0.39, 0.29) is 18.4 Å². The average molecular weight is 266 g/mol. The number of hydrogen-bond donors (Lipinski definition) is 1. The fourth-order valence-corrected chi connectivity index (χ4v) is 2.20. The number of aryl methyl sites for hydroxylation is 1. The van der Waals surface area contributed by atoms with Gasteiger partial charge in [0.05, 0.1) is 13.6 Å². The van der Waals surface area contributed by atoms with Crippen molar-refractivity contribution in [2.75, 3.05) is 0 Å². The summed E-state index contributed by atoms with van der Waals surface area (Å²) in [5.41, 5.74) is 0. The summed E-state index contributed by atoms with van der Waals surface area (Å²) in [5, 5.41) is 14.3. The number of nitrogens with zero attached hydrogens (tertiary/aromatic N) is 5. The van der Waals surface area contributed by atoms with Gasteiger partial charge in [0, 0.05) is 0 Å². The molecule has 1 aromatic heterocycles. The maximum atomic E-state index is 12.2. The fraction of sp³-hybridized carbons (Fsp3) is 0.727. The van der Waals surface area contributed by atoms with Crippen LogP contribution in [0, 0.1) is 0 Å². The van der Waals surface area contributed by atoms with Gasteiger partial charge in [-0.05, 0) is 18.6 Å². The number of rotatable bonds is 4. The first-order chi connectivity index (χ1) is 9.02. The van der Waals surface area contributed by atoms with Crippen LogP contribution < -0.4 is 5.32 Å². The van der Waals surface area contributed by atoms with E-state index in [1.165, 1.54) is 4.80 Å². The molecule has 0 aromatic carbocycles. The molecule has 1 fully saturated rings. The summed E-state index contributed by atoms with van der Waals surface area (Å²) in [4.78, 5) is 27.1. The molecule has 0 spiro atoms. The van der Waals surface area contributed by atoms with Crippen LogP contribution in [0.4, 0.5) is 0 Å². The van der Waals surface area contributed by atoms with Crippen LogP contribution in [0.1, 0.15) is 32.5 Å². The van der Waals surface area contributed by atoms with Crippen molar-refractivity contribution in [1.82, 2.24) is 30.4 Å². The van der Waals surface area contributed by atoms with Crippen LogP contribution in [0.5, 0.6) is 0 Å². The lowest BCUT2D eigenvalue weighted by atomic mass is 10.0. The molecule has 19 heavy (non-hydrogen) atoms. The Balaban J connectivity index is 2.20. The zero-order valence-electron chi connectivity index (χ0n) is 11.3. The van der Waals surface area contributed by atoms with Gasteiger partial charge in [-0.2, -0.15) is 4.80 Å². The van der Waals surface area contributed by atoms with Gasteiger partial charge in [0.15, 0.2) is 5.82 Å². The molecule has 0 bridgehead atoms. The molecule has 1 aliphatic rings. The van der Waals surface area contributed by atoms with E-state index in [0.717, 1.165) is 6.42 Å². The summed E-state index contributed by atoms with van der Waals surface area (Å²) >= 11 is 0. The predicted octanol–water partition coefficient (Wildman–Crippen LogP) is -0.774. The van der Waals surface area contributed by atoms with Gasteiger partial charge in [-0.25, -0.2) is 0 Å². The minimum absolute atomic E-state index is 0.106. The number of aromatic nitrogens is 4. The molecular weight excluding hydrogens is 248 g/mol. The van der Waals surface area contributed by atoms with Crippen LogP contribution in [0.25, 0.3) is 0 Å². The Bertz CT molecular complexity index is 485. The molecule has 0 radical (unpaired) electrons. The molecule has 1 saturated heterocycles. The van der Waals surface area contributed by atoms with Gasteiger partial charge in [0.1, 0.15) is 12.1 Å². The maximum absolute atomic E-state index is 12.2. The van der Waals surface area contributed by atoms with E-state index in [2.05, 4.69) is 20.7 Å². The normalized spacial score (nSPS) is 23.6. The number of hydrogen-bond acceptors (Lipinski definition) is 5. The van der Waals surface area contributed by atoms with Crippen LogP contribution in [0.15, 0.2) is 0 Å². The van der Waals surface area contributed by atoms with E-state index in [4.69, 9.17) is 0 Å². The Kier molecular flexibility index (Phi) is 3.77. The van der Waals surface area contributed by atoms with Crippen molar-refractivity contribution in [3.05, 3.63) is 5.82 Å². The molecule has 8 nitrogen and oxygen atoms in total. The lowest BCUT2D eigenvalue weighted by Gasteiger charge is -2.37. The molecule has 104 valence electrons.